The van der Waals surface area contributed by atoms with Crippen molar-refractivity contribution in [2.45, 2.75) is 19.8 Å². The Morgan fingerprint density at radius 2 is 2.30 bits per heavy atom. The average Bonchev–Trinajstić information content (AvgIpc) is 2.89. The molecule has 1 aromatic heterocycles. The number of hydrogen-bond donors (Lipinski definition) is 0. The van der Waals surface area contributed by atoms with E-state index in [0.29, 0.717) is 17.6 Å². The van der Waals surface area contributed by atoms with Crippen molar-refractivity contribution in [1.82, 2.24) is 9.88 Å². The molecule has 2 heterocycles. The Morgan fingerprint density at radius 3 is 3.10 bits per heavy atom. The van der Waals surface area contributed by atoms with Crippen molar-refractivity contribution >= 4 is 5.91 Å². The first kappa shape index (κ1) is 13.2. The number of rotatable bonds is 3. The van der Waals surface area contributed by atoms with Gasteiger partial charge in [-0.05, 0) is 43.7 Å². The zero-order valence-corrected chi connectivity index (χ0v) is 11.8. The van der Waals surface area contributed by atoms with Crippen molar-refractivity contribution < 1.29 is 9.53 Å². The van der Waals surface area contributed by atoms with Gasteiger partial charge in [-0.25, -0.2) is 0 Å². The molecule has 0 radical (unpaired) electrons. The van der Waals surface area contributed by atoms with Crippen LogP contribution in [0.25, 0.3) is 0 Å². The predicted octanol–water partition coefficient (Wildman–Crippen LogP) is 2.28. The normalized spacial score (nSPS) is 25.1. The third kappa shape index (κ3) is 2.84. The van der Waals surface area contributed by atoms with Gasteiger partial charge in [0.25, 0.3) is 5.91 Å². The number of carbonyl (C=O) groups excluding carboxylic acids is 1. The zero-order chi connectivity index (χ0) is 13.9. The zero-order valence-electron chi connectivity index (χ0n) is 11.8. The summed E-state index contributed by atoms with van der Waals surface area (Å²) in [6.07, 6.45) is 7.89. The van der Waals surface area contributed by atoms with E-state index in [9.17, 15) is 4.79 Å². The maximum Gasteiger partial charge on any atom is 0.260 e. The van der Waals surface area contributed by atoms with Crippen LogP contribution in [0.1, 0.15) is 19.8 Å². The van der Waals surface area contributed by atoms with Crippen molar-refractivity contribution in [2.75, 3.05) is 19.7 Å². The van der Waals surface area contributed by atoms with E-state index in [-0.39, 0.29) is 12.5 Å². The van der Waals surface area contributed by atoms with Gasteiger partial charge in [0.1, 0.15) is 5.75 Å². The summed E-state index contributed by atoms with van der Waals surface area (Å²) in [4.78, 5) is 18.1. The summed E-state index contributed by atoms with van der Waals surface area (Å²) in [6, 6.07) is 3.62. The number of likely N-dealkylation sites (tertiary alicyclic amines) is 1. The number of allylic oxidation sites excluding steroid dienone is 2. The van der Waals surface area contributed by atoms with Crippen LogP contribution in [0.3, 0.4) is 0 Å². The van der Waals surface area contributed by atoms with Crippen LogP contribution in [0, 0.1) is 11.8 Å². The molecule has 2 atom stereocenters. The number of ether oxygens (including phenoxy) is 1. The molecule has 106 valence electrons. The summed E-state index contributed by atoms with van der Waals surface area (Å²) in [6.45, 7) is 4.05. The second-order valence-electron chi connectivity index (χ2n) is 5.79. The number of amides is 1. The summed E-state index contributed by atoms with van der Waals surface area (Å²) in [5, 5.41) is 0. The Morgan fingerprint density at radius 1 is 1.45 bits per heavy atom. The van der Waals surface area contributed by atoms with E-state index in [0.717, 1.165) is 25.9 Å². The SMILES string of the molecule is CC1=CC[C@@H]2CN(C(=O)COc3cccnc3)C[C@@H]2C1. The maximum atomic E-state index is 12.2. The van der Waals surface area contributed by atoms with Gasteiger partial charge in [-0.2, -0.15) is 0 Å². The highest BCUT2D eigenvalue weighted by molar-refractivity contribution is 5.78. The minimum absolute atomic E-state index is 0.0842. The number of aromatic nitrogens is 1. The van der Waals surface area contributed by atoms with Crippen LogP contribution in [0.5, 0.6) is 5.75 Å². The largest absolute Gasteiger partial charge is 0.482 e. The van der Waals surface area contributed by atoms with Gasteiger partial charge in [0.05, 0.1) is 6.20 Å². The van der Waals surface area contributed by atoms with Gasteiger partial charge in [0, 0.05) is 19.3 Å². The van der Waals surface area contributed by atoms with Gasteiger partial charge >= 0.3 is 0 Å². The quantitative estimate of drug-likeness (QED) is 0.793. The molecule has 1 fully saturated rings. The lowest BCUT2D eigenvalue weighted by atomic mass is 9.83. The molecule has 4 nitrogen and oxygen atoms in total. The number of fused-ring (bicyclic) bond motifs is 1. The van der Waals surface area contributed by atoms with Crippen molar-refractivity contribution in [3.05, 3.63) is 36.2 Å². The van der Waals surface area contributed by atoms with Gasteiger partial charge in [-0.1, -0.05) is 11.6 Å². The predicted molar refractivity (Wildman–Crippen MR) is 76.3 cm³/mol. The molecule has 0 saturated carbocycles. The number of hydrogen-bond acceptors (Lipinski definition) is 3. The molecule has 1 saturated heterocycles. The molecular weight excluding hydrogens is 252 g/mol. The molecule has 0 N–H and O–H groups in total. The standard InChI is InChI=1S/C16H20N2O2/c1-12-4-5-13-9-18(10-14(13)7-12)16(19)11-20-15-3-2-6-17-8-15/h2-4,6,8,13-14H,5,7,9-11H2,1H3/t13-,14+/m1/s1. The smallest absolute Gasteiger partial charge is 0.260 e. The molecule has 0 unspecified atom stereocenters. The van der Waals surface area contributed by atoms with E-state index < -0.39 is 0 Å². The first-order chi connectivity index (χ1) is 9.72. The van der Waals surface area contributed by atoms with E-state index in [1.165, 1.54) is 5.57 Å². The van der Waals surface area contributed by atoms with E-state index in [1.807, 2.05) is 11.0 Å². The minimum atomic E-state index is 0.0842. The summed E-state index contributed by atoms with van der Waals surface area (Å²) in [5.74, 6) is 2.01. The third-order valence-electron chi connectivity index (χ3n) is 4.28. The fourth-order valence-corrected chi connectivity index (χ4v) is 3.16. The Kier molecular flexibility index (Phi) is 3.72. The lowest BCUT2D eigenvalue weighted by Crippen LogP contribution is -2.33. The number of carbonyl (C=O) groups is 1. The van der Waals surface area contributed by atoms with E-state index in [1.54, 1.807) is 18.5 Å². The van der Waals surface area contributed by atoms with Crippen molar-refractivity contribution in [3.8, 4) is 5.75 Å². The summed E-state index contributed by atoms with van der Waals surface area (Å²) in [7, 11) is 0. The molecule has 4 heteroatoms. The Hall–Kier alpha value is -1.84. The molecule has 0 spiro atoms. The van der Waals surface area contributed by atoms with Crippen molar-refractivity contribution in [2.24, 2.45) is 11.8 Å². The molecule has 1 aliphatic carbocycles. The monoisotopic (exact) mass is 272 g/mol. The second-order valence-corrected chi connectivity index (χ2v) is 5.79. The summed E-state index contributed by atoms with van der Waals surface area (Å²) < 4.78 is 5.49. The summed E-state index contributed by atoms with van der Waals surface area (Å²) >= 11 is 0. The maximum absolute atomic E-state index is 12.2. The van der Waals surface area contributed by atoms with Gasteiger partial charge < -0.3 is 9.64 Å². The van der Waals surface area contributed by atoms with Gasteiger partial charge in [-0.15, -0.1) is 0 Å². The molecule has 1 aliphatic heterocycles. The number of pyridine rings is 1. The molecule has 1 aromatic rings. The van der Waals surface area contributed by atoms with E-state index in [4.69, 9.17) is 4.74 Å². The highest BCUT2D eigenvalue weighted by Crippen LogP contribution is 2.35. The summed E-state index contributed by atoms with van der Waals surface area (Å²) in [5.41, 5.74) is 1.46. The molecule has 3 rings (SSSR count). The van der Waals surface area contributed by atoms with Gasteiger partial charge in [-0.3, -0.25) is 9.78 Å². The van der Waals surface area contributed by atoms with Crippen molar-refractivity contribution in [1.29, 1.82) is 0 Å². The molecular formula is C16H20N2O2. The van der Waals surface area contributed by atoms with Crippen molar-refractivity contribution in [3.63, 3.8) is 0 Å². The highest BCUT2D eigenvalue weighted by atomic mass is 16.5. The van der Waals surface area contributed by atoms with Crippen LogP contribution in [0.15, 0.2) is 36.2 Å². The highest BCUT2D eigenvalue weighted by Gasteiger charge is 2.36. The van der Waals surface area contributed by atoms with Crippen LogP contribution in [-0.4, -0.2) is 35.5 Å². The first-order valence-electron chi connectivity index (χ1n) is 7.18. The third-order valence-corrected chi connectivity index (χ3v) is 4.28. The van der Waals surface area contributed by atoms with E-state index >= 15 is 0 Å². The van der Waals surface area contributed by atoms with Crippen LogP contribution in [0.2, 0.25) is 0 Å². The van der Waals surface area contributed by atoms with Crippen LogP contribution in [-0.2, 0) is 4.79 Å². The minimum Gasteiger partial charge on any atom is -0.482 e. The average molecular weight is 272 g/mol. The Bertz CT molecular complexity index is 512. The Balaban J connectivity index is 1.52. The molecule has 2 aliphatic rings. The molecule has 0 bridgehead atoms. The molecule has 1 amide bonds. The van der Waals surface area contributed by atoms with E-state index in [2.05, 4.69) is 18.0 Å². The lowest BCUT2D eigenvalue weighted by Gasteiger charge is -2.21. The molecule has 20 heavy (non-hydrogen) atoms. The Labute approximate surface area is 119 Å². The van der Waals surface area contributed by atoms with Gasteiger partial charge in [0.15, 0.2) is 6.61 Å². The molecule has 0 aromatic carbocycles. The van der Waals surface area contributed by atoms with Crippen LogP contribution >= 0.6 is 0 Å². The first-order valence-corrected chi connectivity index (χ1v) is 7.18. The fourth-order valence-electron chi connectivity index (χ4n) is 3.16. The second kappa shape index (κ2) is 5.65. The number of nitrogens with zero attached hydrogens (tertiary/aromatic N) is 2. The fraction of sp³-hybridized carbons (Fsp3) is 0.500. The van der Waals surface area contributed by atoms with Crippen LogP contribution < -0.4 is 4.74 Å². The van der Waals surface area contributed by atoms with Gasteiger partial charge in [0.2, 0.25) is 0 Å². The van der Waals surface area contributed by atoms with Crippen LogP contribution in [0.4, 0.5) is 0 Å². The topological polar surface area (TPSA) is 42.4 Å². The lowest BCUT2D eigenvalue weighted by molar-refractivity contribution is -0.132.